The highest BCUT2D eigenvalue weighted by Crippen LogP contribution is 2.28. The Hall–Kier alpha value is -0.930. The van der Waals surface area contributed by atoms with Crippen molar-refractivity contribution < 1.29 is 4.39 Å². The number of halogens is 1. The van der Waals surface area contributed by atoms with Crippen LogP contribution >= 0.6 is 0 Å². The zero-order chi connectivity index (χ0) is 13.1. The van der Waals surface area contributed by atoms with Crippen LogP contribution in [0.25, 0.3) is 0 Å². The fourth-order valence-corrected chi connectivity index (χ4v) is 2.98. The Kier molecular flexibility index (Phi) is 4.36. The summed E-state index contributed by atoms with van der Waals surface area (Å²) in [5.41, 5.74) is 7.82. The van der Waals surface area contributed by atoms with Crippen LogP contribution in [-0.4, -0.2) is 17.0 Å². The molecule has 1 aliphatic rings. The van der Waals surface area contributed by atoms with E-state index in [1.54, 1.807) is 6.07 Å². The lowest BCUT2D eigenvalue weighted by molar-refractivity contribution is 0.189. The van der Waals surface area contributed by atoms with Gasteiger partial charge < -0.3 is 5.73 Å². The fourth-order valence-electron chi connectivity index (χ4n) is 2.98. The van der Waals surface area contributed by atoms with Crippen molar-refractivity contribution in [1.29, 1.82) is 0 Å². The van der Waals surface area contributed by atoms with Gasteiger partial charge in [0.05, 0.1) is 0 Å². The molecule has 1 fully saturated rings. The second-order valence-corrected chi connectivity index (χ2v) is 5.28. The van der Waals surface area contributed by atoms with E-state index < -0.39 is 0 Å². The van der Waals surface area contributed by atoms with Gasteiger partial charge in [-0.1, -0.05) is 13.0 Å². The minimum absolute atomic E-state index is 0.194. The zero-order valence-electron chi connectivity index (χ0n) is 11.3. The van der Waals surface area contributed by atoms with E-state index in [0.717, 1.165) is 12.1 Å². The third-order valence-electron chi connectivity index (χ3n) is 4.17. The van der Waals surface area contributed by atoms with Crippen LogP contribution in [0.15, 0.2) is 18.2 Å². The first-order valence-corrected chi connectivity index (χ1v) is 6.88. The summed E-state index contributed by atoms with van der Waals surface area (Å²) in [6, 6.07) is 6.27. The Morgan fingerprint density at radius 2 is 2.11 bits per heavy atom. The van der Waals surface area contributed by atoms with Crippen LogP contribution in [0, 0.1) is 5.82 Å². The average molecular weight is 250 g/mol. The molecule has 100 valence electrons. The summed E-state index contributed by atoms with van der Waals surface area (Å²) in [6.07, 6.45) is 3.72. The van der Waals surface area contributed by atoms with Gasteiger partial charge in [0.15, 0.2) is 0 Å². The first-order valence-electron chi connectivity index (χ1n) is 6.88. The van der Waals surface area contributed by atoms with Gasteiger partial charge in [-0.3, -0.25) is 4.90 Å². The first-order chi connectivity index (χ1) is 8.65. The van der Waals surface area contributed by atoms with Crippen LogP contribution in [0.4, 0.5) is 4.39 Å². The predicted octanol–water partition coefficient (Wildman–Crippen LogP) is 3.05. The molecule has 0 aromatic heterocycles. The van der Waals surface area contributed by atoms with Crippen molar-refractivity contribution in [3.8, 4) is 0 Å². The van der Waals surface area contributed by atoms with Crippen LogP contribution in [0.5, 0.6) is 0 Å². The van der Waals surface area contributed by atoms with E-state index in [-0.39, 0.29) is 5.82 Å². The topological polar surface area (TPSA) is 29.3 Å². The van der Waals surface area contributed by atoms with E-state index in [9.17, 15) is 4.39 Å². The lowest BCUT2D eigenvalue weighted by Gasteiger charge is -2.28. The second kappa shape index (κ2) is 5.81. The van der Waals surface area contributed by atoms with Crippen LogP contribution < -0.4 is 5.73 Å². The average Bonchev–Trinajstić information content (AvgIpc) is 2.72. The lowest BCUT2D eigenvalue weighted by Crippen LogP contribution is -2.34. The van der Waals surface area contributed by atoms with Gasteiger partial charge in [-0.25, -0.2) is 4.39 Å². The molecule has 3 heteroatoms. The van der Waals surface area contributed by atoms with Gasteiger partial charge in [0.2, 0.25) is 0 Å². The number of likely N-dealkylation sites (tertiary alicyclic amines) is 1. The number of nitrogens with zero attached hydrogens (tertiary/aromatic N) is 1. The van der Waals surface area contributed by atoms with Crippen molar-refractivity contribution in [2.75, 3.05) is 0 Å². The third-order valence-corrected chi connectivity index (χ3v) is 4.17. The van der Waals surface area contributed by atoms with Crippen molar-refractivity contribution in [3.63, 3.8) is 0 Å². The smallest absolute Gasteiger partial charge is 0.123 e. The molecule has 1 heterocycles. The van der Waals surface area contributed by atoms with Gasteiger partial charge in [-0.2, -0.15) is 0 Å². The Morgan fingerprint density at radius 1 is 1.33 bits per heavy atom. The quantitative estimate of drug-likeness (QED) is 0.890. The van der Waals surface area contributed by atoms with Gasteiger partial charge in [0, 0.05) is 25.2 Å². The van der Waals surface area contributed by atoms with Gasteiger partial charge in [0.1, 0.15) is 5.82 Å². The monoisotopic (exact) mass is 250 g/mol. The maximum atomic E-state index is 13.2. The summed E-state index contributed by atoms with van der Waals surface area (Å²) in [6.45, 7) is 5.82. The van der Waals surface area contributed by atoms with Crippen LogP contribution in [0.3, 0.4) is 0 Å². The molecule has 0 radical (unpaired) electrons. The Balaban J connectivity index is 2.17. The Labute approximate surface area is 109 Å². The van der Waals surface area contributed by atoms with Crippen LogP contribution in [0.1, 0.15) is 44.2 Å². The molecule has 0 saturated carbocycles. The fraction of sp³-hybridized carbons (Fsp3) is 0.600. The molecule has 2 nitrogen and oxygen atoms in total. The summed E-state index contributed by atoms with van der Waals surface area (Å²) in [4.78, 5) is 2.53. The lowest BCUT2D eigenvalue weighted by atomic mass is 10.1. The molecule has 2 atom stereocenters. The van der Waals surface area contributed by atoms with E-state index in [0.29, 0.717) is 18.6 Å². The molecule has 2 N–H and O–H groups in total. The predicted molar refractivity (Wildman–Crippen MR) is 72.6 cm³/mol. The van der Waals surface area contributed by atoms with Gasteiger partial charge >= 0.3 is 0 Å². The minimum Gasteiger partial charge on any atom is -0.326 e. The standard InChI is InChI=1S/C15H23FN2/c1-3-15-7-4-11(2)18(15)10-12-5-6-14(16)8-13(12)9-17/h5-6,8,11,15H,3-4,7,9-10,17H2,1-2H3. The molecule has 0 amide bonds. The van der Waals surface area contributed by atoms with Crippen molar-refractivity contribution in [3.05, 3.63) is 35.1 Å². The summed E-state index contributed by atoms with van der Waals surface area (Å²) in [7, 11) is 0. The van der Waals surface area contributed by atoms with Gasteiger partial charge in [0.25, 0.3) is 0 Å². The second-order valence-electron chi connectivity index (χ2n) is 5.28. The molecule has 0 spiro atoms. The van der Waals surface area contributed by atoms with Crippen LogP contribution in [-0.2, 0) is 13.1 Å². The summed E-state index contributed by atoms with van der Waals surface area (Å²) in [5, 5.41) is 0. The number of rotatable bonds is 4. The molecule has 2 unspecified atom stereocenters. The highest BCUT2D eigenvalue weighted by atomic mass is 19.1. The molecular weight excluding hydrogens is 227 g/mol. The van der Waals surface area contributed by atoms with Gasteiger partial charge in [-0.05, 0) is 49.4 Å². The highest BCUT2D eigenvalue weighted by molar-refractivity contribution is 5.28. The van der Waals surface area contributed by atoms with Crippen molar-refractivity contribution in [2.24, 2.45) is 5.73 Å². The minimum atomic E-state index is -0.194. The number of hydrogen-bond donors (Lipinski definition) is 1. The number of hydrogen-bond acceptors (Lipinski definition) is 2. The Bertz CT molecular complexity index is 405. The van der Waals surface area contributed by atoms with E-state index in [4.69, 9.17) is 5.73 Å². The highest BCUT2D eigenvalue weighted by Gasteiger charge is 2.29. The summed E-state index contributed by atoms with van der Waals surface area (Å²) < 4.78 is 13.2. The number of benzene rings is 1. The summed E-state index contributed by atoms with van der Waals surface area (Å²) in [5.74, 6) is -0.194. The number of nitrogens with two attached hydrogens (primary N) is 1. The van der Waals surface area contributed by atoms with Gasteiger partial charge in [-0.15, -0.1) is 0 Å². The molecule has 1 aromatic carbocycles. The molecule has 1 aromatic rings. The normalized spacial score (nSPS) is 24.7. The van der Waals surface area contributed by atoms with E-state index in [2.05, 4.69) is 18.7 Å². The largest absolute Gasteiger partial charge is 0.326 e. The third kappa shape index (κ3) is 2.73. The summed E-state index contributed by atoms with van der Waals surface area (Å²) >= 11 is 0. The molecule has 18 heavy (non-hydrogen) atoms. The SMILES string of the molecule is CCC1CCC(C)N1Cc1ccc(F)cc1CN. The molecular formula is C15H23FN2. The molecule has 1 saturated heterocycles. The maximum absolute atomic E-state index is 13.2. The van der Waals surface area contributed by atoms with E-state index >= 15 is 0 Å². The van der Waals surface area contributed by atoms with E-state index in [1.807, 2.05) is 6.07 Å². The van der Waals surface area contributed by atoms with Crippen molar-refractivity contribution in [2.45, 2.75) is 58.3 Å². The molecule has 0 aliphatic carbocycles. The molecule has 0 bridgehead atoms. The van der Waals surface area contributed by atoms with Crippen LogP contribution in [0.2, 0.25) is 0 Å². The first kappa shape index (κ1) is 13.5. The van der Waals surface area contributed by atoms with Crippen molar-refractivity contribution in [1.82, 2.24) is 4.90 Å². The maximum Gasteiger partial charge on any atom is 0.123 e. The molecule has 1 aliphatic heterocycles. The molecule has 2 rings (SSSR count). The zero-order valence-corrected chi connectivity index (χ0v) is 11.3. The van der Waals surface area contributed by atoms with Crippen molar-refractivity contribution >= 4 is 0 Å². The Morgan fingerprint density at radius 3 is 2.78 bits per heavy atom. The van der Waals surface area contributed by atoms with E-state index in [1.165, 1.54) is 30.9 Å².